The zero-order valence-corrected chi connectivity index (χ0v) is 11.7. The fraction of sp³-hybridized carbons (Fsp3) is 0.500. The third-order valence-corrected chi connectivity index (χ3v) is 4.85. The summed E-state index contributed by atoms with van der Waals surface area (Å²) in [6.07, 6.45) is 2.05. The van der Waals surface area contributed by atoms with Crippen LogP contribution in [-0.2, 0) is 0 Å². The van der Waals surface area contributed by atoms with Crippen molar-refractivity contribution in [2.45, 2.75) is 5.54 Å². The number of benzene rings is 1. The molecule has 3 N–H and O–H groups in total. The van der Waals surface area contributed by atoms with Gasteiger partial charge in [-0.05, 0) is 17.7 Å². The highest BCUT2D eigenvalue weighted by Crippen LogP contribution is 2.11. The summed E-state index contributed by atoms with van der Waals surface area (Å²) < 4.78 is 0. The fourth-order valence-electron chi connectivity index (χ4n) is 4.10. The van der Waals surface area contributed by atoms with Crippen LogP contribution in [0, 0.1) is 0 Å². The van der Waals surface area contributed by atoms with Crippen LogP contribution >= 0.6 is 11.6 Å². The molecule has 0 saturated carbocycles. The standard InChI is InChI=1S/C14H17ClN4/c15-13-3-1-12(2-4-13)5-16-14-6-17-9-18(7-14)11-19(8-14)10-17/h1-5H,6-11H2/p+3. The van der Waals surface area contributed by atoms with E-state index in [4.69, 9.17) is 16.6 Å². The molecule has 5 rings (SSSR count). The number of hydrogen-bond acceptors (Lipinski definition) is 1. The number of hydrogen-bond donors (Lipinski definition) is 3. The zero-order valence-electron chi connectivity index (χ0n) is 11.0. The molecule has 0 amide bonds. The zero-order chi connectivity index (χ0) is 12.9. The Morgan fingerprint density at radius 3 is 2.00 bits per heavy atom. The van der Waals surface area contributed by atoms with E-state index in [9.17, 15) is 0 Å². The molecule has 100 valence electrons. The second kappa shape index (κ2) is 4.28. The van der Waals surface area contributed by atoms with Crippen molar-refractivity contribution in [3.8, 4) is 0 Å². The van der Waals surface area contributed by atoms with Gasteiger partial charge < -0.3 is 0 Å². The predicted molar refractivity (Wildman–Crippen MR) is 73.9 cm³/mol. The van der Waals surface area contributed by atoms with E-state index < -0.39 is 0 Å². The molecule has 0 unspecified atom stereocenters. The predicted octanol–water partition coefficient (Wildman–Crippen LogP) is -2.93. The molecule has 4 aliphatic heterocycles. The third kappa shape index (κ3) is 2.19. The molecule has 0 spiro atoms. The van der Waals surface area contributed by atoms with Crippen LogP contribution < -0.4 is 14.7 Å². The van der Waals surface area contributed by atoms with E-state index in [0.717, 1.165) is 10.6 Å². The van der Waals surface area contributed by atoms with Crippen LogP contribution in [0.5, 0.6) is 0 Å². The lowest BCUT2D eigenvalue weighted by Gasteiger charge is -2.50. The fourth-order valence-corrected chi connectivity index (χ4v) is 4.23. The molecule has 4 aliphatic rings. The maximum atomic E-state index is 5.91. The van der Waals surface area contributed by atoms with Gasteiger partial charge in [0.05, 0.1) is 0 Å². The lowest BCUT2D eigenvalue weighted by molar-refractivity contribution is -1.29. The van der Waals surface area contributed by atoms with Gasteiger partial charge in [-0.3, -0.25) is 4.99 Å². The summed E-state index contributed by atoms with van der Waals surface area (Å²) in [4.78, 5) is 10.2. The van der Waals surface area contributed by atoms with Crippen LogP contribution in [0.1, 0.15) is 5.56 Å². The van der Waals surface area contributed by atoms with Gasteiger partial charge in [0, 0.05) is 11.2 Å². The normalized spacial score (nSPS) is 40.2. The van der Waals surface area contributed by atoms with Crippen molar-refractivity contribution in [2.24, 2.45) is 4.99 Å². The molecular formula is C14H20ClN4+3. The Labute approximate surface area is 118 Å². The Hall–Kier alpha value is -0.940. The molecule has 4 nitrogen and oxygen atoms in total. The Kier molecular flexibility index (Phi) is 2.67. The van der Waals surface area contributed by atoms with Gasteiger partial charge in [0.25, 0.3) is 0 Å². The average Bonchev–Trinajstić information content (AvgIpc) is 2.36. The molecule has 1 aromatic carbocycles. The van der Waals surface area contributed by atoms with E-state index in [2.05, 4.69) is 0 Å². The minimum atomic E-state index is 0.175. The Morgan fingerprint density at radius 2 is 1.47 bits per heavy atom. The number of quaternary nitrogens is 3. The topological polar surface area (TPSA) is 25.7 Å². The first-order chi connectivity index (χ1) is 9.21. The molecule has 0 aromatic heterocycles. The highest BCUT2D eigenvalue weighted by molar-refractivity contribution is 6.30. The van der Waals surface area contributed by atoms with Crippen molar-refractivity contribution in [1.29, 1.82) is 0 Å². The average molecular weight is 280 g/mol. The molecule has 0 aliphatic carbocycles. The van der Waals surface area contributed by atoms with E-state index >= 15 is 0 Å². The first kappa shape index (κ1) is 11.9. The molecule has 0 radical (unpaired) electrons. The maximum Gasteiger partial charge on any atom is 0.213 e. The van der Waals surface area contributed by atoms with Crippen molar-refractivity contribution in [2.75, 3.05) is 39.6 Å². The Bertz CT molecular complexity index is 475. The summed E-state index contributed by atoms with van der Waals surface area (Å²) in [5.74, 6) is 0. The SMILES string of the molecule is Clc1ccc(C=NC23C[NH+]4C[NH+](C[NH+](C4)C2)C3)cc1. The van der Waals surface area contributed by atoms with Crippen LogP contribution in [-0.4, -0.2) is 51.4 Å². The molecule has 4 heterocycles. The molecule has 4 saturated heterocycles. The molecule has 19 heavy (non-hydrogen) atoms. The van der Waals surface area contributed by atoms with E-state index in [-0.39, 0.29) is 5.54 Å². The van der Waals surface area contributed by atoms with Crippen molar-refractivity contribution in [3.63, 3.8) is 0 Å². The van der Waals surface area contributed by atoms with Crippen LogP contribution in [0.15, 0.2) is 29.3 Å². The van der Waals surface area contributed by atoms with Crippen LogP contribution in [0.25, 0.3) is 0 Å². The monoisotopic (exact) mass is 279 g/mol. The lowest BCUT2D eigenvalue weighted by atomic mass is 9.91. The van der Waals surface area contributed by atoms with Gasteiger partial charge in [-0.25, -0.2) is 14.7 Å². The lowest BCUT2D eigenvalue weighted by Crippen LogP contribution is -3.56. The minimum absolute atomic E-state index is 0.175. The number of rotatable bonds is 2. The van der Waals surface area contributed by atoms with Gasteiger partial charge in [-0.1, -0.05) is 23.7 Å². The molecule has 4 fully saturated rings. The first-order valence-electron chi connectivity index (χ1n) is 7.02. The van der Waals surface area contributed by atoms with Gasteiger partial charge in [0.2, 0.25) is 25.5 Å². The van der Waals surface area contributed by atoms with Crippen molar-refractivity contribution in [1.82, 2.24) is 0 Å². The molecule has 5 heteroatoms. The second-order valence-electron chi connectivity index (χ2n) is 6.34. The Balaban J connectivity index is 1.57. The third-order valence-electron chi connectivity index (χ3n) is 4.59. The van der Waals surface area contributed by atoms with Crippen LogP contribution in [0.2, 0.25) is 5.02 Å². The van der Waals surface area contributed by atoms with Crippen LogP contribution in [0.3, 0.4) is 0 Å². The van der Waals surface area contributed by atoms with E-state index in [1.165, 1.54) is 39.6 Å². The second-order valence-corrected chi connectivity index (χ2v) is 6.78. The number of halogens is 1. The number of nitrogens with one attached hydrogen (secondary N) is 3. The highest BCUT2D eigenvalue weighted by Gasteiger charge is 2.57. The molecular weight excluding hydrogens is 260 g/mol. The summed E-state index contributed by atoms with van der Waals surface area (Å²) in [5, 5.41) is 0.786. The van der Waals surface area contributed by atoms with E-state index in [1.54, 1.807) is 14.7 Å². The number of aliphatic imine (C=N–C) groups is 1. The van der Waals surface area contributed by atoms with Crippen LogP contribution in [0.4, 0.5) is 0 Å². The van der Waals surface area contributed by atoms with Gasteiger partial charge in [-0.15, -0.1) is 0 Å². The molecule has 0 atom stereocenters. The van der Waals surface area contributed by atoms with E-state index in [1.807, 2.05) is 30.5 Å². The summed E-state index contributed by atoms with van der Waals surface area (Å²) >= 11 is 5.91. The maximum absolute atomic E-state index is 5.91. The molecule has 1 aromatic rings. The van der Waals surface area contributed by atoms with E-state index in [0.29, 0.717) is 0 Å². The van der Waals surface area contributed by atoms with Crippen molar-refractivity contribution < 1.29 is 14.7 Å². The summed E-state index contributed by atoms with van der Waals surface area (Å²) in [6.45, 7) is 7.52. The van der Waals surface area contributed by atoms with Gasteiger partial charge in [-0.2, -0.15) is 0 Å². The van der Waals surface area contributed by atoms with Gasteiger partial charge in [0.1, 0.15) is 19.6 Å². The van der Waals surface area contributed by atoms with Crippen molar-refractivity contribution >= 4 is 17.8 Å². The summed E-state index contributed by atoms with van der Waals surface area (Å²) in [6, 6.07) is 7.95. The largest absolute Gasteiger partial charge is 0.268 e. The number of nitrogens with zero attached hydrogens (tertiary/aromatic N) is 1. The summed E-state index contributed by atoms with van der Waals surface area (Å²) in [7, 11) is 0. The summed E-state index contributed by atoms with van der Waals surface area (Å²) in [5.41, 5.74) is 1.33. The first-order valence-corrected chi connectivity index (χ1v) is 7.40. The van der Waals surface area contributed by atoms with Gasteiger partial charge >= 0.3 is 0 Å². The minimum Gasteiger partial charge on any atom is -0.268 e. The quantitative estimate of drug-likeness (QED) is 0.483. The van der Waals surface area contributed by atoms with Crippen molar-refractivity contribution in [3.05, 3.63) is 34.9 Å². The highest BCUT2D eigenvalue weighted by atomic mass is 35.5. The van der Waals surface area contributed by atoms with Gasteiger partial charge in [0.15, 0.2) is 0 Å². The molecule has 4 bridgehead atoms. The Morgan fingerprint density at radius 1 is 0.947 bits per heavy atom. The smallest absolute Gasteiger partial charge is 0.213 e.